The van der Waals surface area contributed by atoms with Gasteiger partial charge in [-0.15, -0.1) is 0 Å². The van der Waals surface area contributed by atoms with Crippen molar-refractivity contribution in [1.29, 1.82) is 0 Å². The minimum absolute atomic E-state index is 0.144. The molecule has 1 N–H and O–H groups in total. The molecule has 0 saturated carbocycles. The molecular formula is C15H23NO4S. The zero-order valence-corrected chi connectivity index (χ0v) is 13.6. The fourth-order valence-corrected chi connectivity index (χ4v) is 4.07. The van der Waals surface area contributed by atoms with E-state index >= 15 is 0 Å². The molecule has 1 aliphatic rings. The number of ether oxygens (including phenoxy) is 1. The van der Waals surface area contributed by atoms with E-state index in [0.717, 1.165) is 12.8 Å². The molecule has 1 heterocycles. The summed E-state index contributed by atoms with van der Waals surface area (Å²) in [5.74, 6) is 0.284. The number of benzene rings is 1. The normalized spacial score (nSPS) is 19.4. The van der Waals surface area contributed by atoms with E-state index in [4.69, 9.17) is 9.84 Å². The van der Waals surface area contributed by atoms with Gasteiger partial charge in [-0.2, -0.15) is 4.31 Å². The monoisotopic (exact) mass is 313 g/mol. The fraction of sp³-hybridized carbons (Fsp3) is 0.600. The molecule has 6 heteroatoms. The second kappa shape index (κ2) is 5.94. The van der Waals surface area contributed by atoms with Crippen molar-refractivity contribution in [3.8, 4) is 5.75 Å². The van der Waals surface area contributed by atoms with Crippen LogP contribution in [0.4, 0.5) is 0 Å². The van der Waals surface area contributed by atoms with Crippen LogP contribution in [0.1, 0.15) is 32.3 Å². The number of nitrogens with zero attached hydrogens (tertiary/aromatic N) is 1. The standard InChI is InChI=1S/C15H23NO4S/c1-15(2)6-8-16(9-7-15)21(18,19)14-5-4-12(11-17)10-13(14)20-3/h4-5,10,17H,6-9,11H2,1-3H3. The van der Waals surface area contributed by atoms with Crippen LogP contribution in [0.15, 0.2) is 23.1 Å². The van der Waals surface area contributed by atoms with Gasteiger partial charge in [-0.3, -0.25) is 0 Å². The van der Waals surface area contributed by atoms with Gasteiger partial charge in [0.05, 0.1) is 13.7 Å². The summed E-state index contributed by atoms with van der Waals surface area (Å²) in [5.41, 5.74) is 0.821. The van der Waals surface area contributed by atoms with Gasteiger partial charge in [-0.1, -0.05) is 19.9 Å². The molecule has 0 unspecified atom stereocenters. The molecule has 21 heavy (non-hydrogen) atoms. The molecule has 1 fully saturated rings. The van der Waals surface area contributed by atoms with E-state index in [1.54, 1.807) is 12.1 Å². The summed E-state index contributed by atoms with van der Waals surface area (Å²) in [4.78, 5) is 0.168. The maximum absolute atomic E-state index is 12.8. The van der Waals surface area contributed by atoms with E-state index in [-0.39, 0.29) is 22.7 Å². The number of methoxy groups -OCH3 is 1. The van der Waals surface area contributed by atoms with E-state index in [2.05, 4.69) is 13.8 Å². The van der Waals surface area contributed by atoms with E-state index < -0.39 is 10.0 Å². The van der Waals surface area contributed by atoms with Gasteiger partial charge in [0.1, 0.15) is 10.6 Å². The molecule has 0 aliphatic carbocycles. The van der Waals surface area contributed by atoms with Crippen LogP contribution in [0.5, 0.6) is 5.75 Å². The van der Waals surface area contributed by atoms with Crippen LogP contribution in [0.3, 0.4) is 0 Å². The Bertz CT molecular complexity index is 600. The maximum Gasteiger partial charge on any atom is 0.246 e. The van der Waals surface area contributed by atoms with Crippen LogP contribution in [0.2, 0.25) is 0 Å². The second-order valence-electron chi connectivity index (χ2n) is 6.21. The maximum atomic E-state index is 12.8. The molecule has 0 atom stereocenters. The van der Waals surface area contributed by atoms with Gasteiger partial charge in [0.15, 0.2) is 0 Å². The number of rotatable bonds is 4. The first-order chi connectivity index (χ1) is 9.80. The molecule has 0 aromatic heterocycles. The molecule has 1 saturated heterocycles. The third kappa shape index (κ3) is 3.39. The van der Waals surface area contributed by atoms with Crippen LogP contribution in [-0.2, 0) is 16.6 Å². The number of piperidine rings is 1. The third-order valence-electron chi connectivity index (χ3n) is 4.10. The number of sulfonamides is 1. The fourth-order valence-electron chi connectivity index (χ4n) is 2.49. The summed E-state index contributed by atoms with van der Waals surface area (Å²) in [6, 6.07) is 4.70. The Morgan fingerprint density at radius 2 is 1.90 bits per heavy atom. The van der Waals surface area contributed by atoms with Crippen LogP contribution in [0, 0.1) is 5.41 Å². The van der Waals surface area contributed by atoms with Gasteiger partial charge in [0.25, 0.3) is 0 Å². The molecule has 0 amide bonds. The predicted molar refractivity (Wildman–Crippen MR) is 80.7 cm³/mol. The highest BCUT2D eigenvalue weighted by molar-refractivity contribution is 7.89. The van der Waals surface area contributed by atoms with Crippen LogP contribution in [0.25, 0.3) is 0 Å². The quantitative estimate of drug-likeness (QED) is 0.923. The Morgan fingerprint density at radius 3 is 2.43 bits per heavy atom. The minimum atomic E-state index is -3.55. The molecule has 0 radical (unpaired) electrons. The zero-order chi connectivity index (χ0) is 15.7. The molecule has 118 valence electrons. The highest BCUT2D eigenvalue weighted by atomic mass is 32.2. The number of hydrogen-bond acceptors (Lipinski definition) is 4. The van der Waals surface area contributed by atoms with Crippen molar-refractivity contribution in [2.45, 2.75) is 38.2 Å². The third-order valence-corrected chi connectivity index (χ3v) is 6.04. The molecule has 0 spiro atoms. The summed E-state index contributed by atoms with van der Waals surface area (Å²) in [5, 5.41) is 9.14. The SMILES string of the molecule is COc1cc(CO)ccc1S(=O)(=O)N1CCC(C)(C)CC1. The van der Waals surface area contributed by atoms with E-state index in [1.165, 1.54) is 17.5 Å². The Hall–Kier alpha value is -1.11. The van der Waals surface area contributed by atoms with Crippen molar-refractivity contribution >= 4 is 10.0 Å². The van der Waals surface area contributed by atoms with Crippen molar-refractivity contribution in [2.24, 2.45) is 5.41 Å². The van der Waals surface area contributed by atoms with Crippen LogP contribution < -0.4 is 4.74 Å². The minimum Gasteiger partial charge on any atom is -0.495 e. The summed E-state index contributed by atoms with van der Waals surface area (Å²) in [6.45, 7) is 5.23. The second-order valence-corrected chi connectivity index (χ2v) is 8.12. The molecular weight excluding hydrogens is 290 g/mol. The Balaban J connectivity index is 2.32. The molecule has 1 aliphatic heterocycles. The van der Waals surface area contributed by atoms with Crippen molar-refractivity contribution in [1.82, 2.24) is 4.31 Å². The van der Waals surface area contributed by atoms with Gasteiger partial charge in [0, 0.05) is 13.1 Å². The summed E-state index contributed by atoms with van der Waals surface area (Å²) in [7, 11) is -2.11. The van der Waals surface area contributed by atoms with E-state index in [0.29, 0.717) is 18.7 Å². The summed E-state index contributed by atoms with van der Waals surface area (Å²) >= 11 is 0. The van der Waals surface area contributed by atoms with Gasteiger partial charge in [-0.25, -0.2) is 8.42 Å². The van der Waals surface area contributed by atoms with Crippen molar-refractivity contribution in [3.05, 3.63) is 23.8 Å². The first-order valence-corrected chi connectivity index (χ1v) is 8.52. The summed E-state index contributed by atoms with van der Waals surface area (Å²) in [6.07, 6.45) is 1.70. The molecule has 2 rings (SSSR count). The van der Waals surface area contributed by atoms with Crippen molar-refractivity contribution < 1.29 is 18.3 Å². The lowest BCUT2D eigenvalue weighted by molar-refractivity contribution is 0.195. The topological polar surface area (TPSA) is 66.8 Å². The average molecular weight is 313 g/mol. The number of hydrogen-bond donors (Lipinski definition) is 1. The summed E-state index contributed by atoms with van der Waals surface area (Å²) < 4.78 is 32.2. The van der Waals surface area contributed by atoms with Crippen molar-refractivity contribution in [3.63, 3.8) is 0 Å². The van der Waals surface area contributed by atoms with Crippen molar-refractivity contribution in [2.75, 3.05) is 20.2 Å². The molecule has 0 bridgehead atoms. The van der Waals surface area contributed by atoms with Crippen LogP contribution in [-0.4, -0.2) is 38.0 Å². The average Bonchev–Trinajstić information content (AvgIpc) is 2.46. The molecule has 1 aromatic rings. The van der Waals surface area contributed by atoms with Gasteiger partial charge in [0.2, 0.25) is 10.0 Å². The Kier molecular flexibility index (Phi) is 4.60. The predicted octanol–water partition coefficient (Wildman–Crippen LogP) is 2.00. The highest BCUT2D eigenvalue weighted by Crippen LogP contribution is 2.34. The largest absolute Gasteiger partial charge is 0.495 e. The van der Waals surface area contributed by atoms with Gasteiger partial charge < -0.3 is 9.84 Å². The smallest absolute Gasteiger partial charge is 0.246 e. The lowest BCUT2D eigenvalue weighted by atomic mass is 9.83. The lowest BCUT2D eigenvalue weighted by Crippen LogP contribution is -2.41. The molecule has 1 aromatic carbocycles. The number of aliphatic hydroxyl groups is 1. The van der Waals surface area contributed by atoms with Gasteiger partial charge in [-0.05, 0) is 36.0 Å². The Morgan fingerprint density at radius 1 is 1.29 bits per heavy atom. The number of aliphatic hydroxyl groups excluding tert-OH is 1. The van der Waals surface area contributed by atoms with E-state index in [1.807, 2.05) is 0 Å². The first kappa shape index (κ1) is 16.3. The molecule has 5 nitrogen and oxygen atoms in total. The highest BCUT2D eigenvalue weighted by Gasteiger charge is 2.34. The lowest BCUT2D eigenvalue weighted by Gasteiger charge is -2.36. The zero-order valence-electron chi connectivity index (χ0n) is 12.8. The van der Waals surface area contributed by atoms with Gasteiger partial charge >= 0.3 is 0 Å². The van der Waals surface area contributed by atoms with Crippen LogP contribution >= 0.6 is 0 Å². The Labute approximate surface area is 126 Å². The first-order valence-electron chi connectivity index (χ1n) is 7.08. The van der Waals surface area contributed by atoms with E-state index in [9.17, 15) is 8.42 Å².